The molecule has 0 saturated carbocycles. The van der Waals surface area contributed by atoms with Crippen molar-refractivity contribution in [3.63, 3.8) is 0 Å². The molecule has 0 spiro atoms. The lowest BCUT2D eigenvalue weighted by molar-refractivity contribution is 0.0697. The Bertz CT molecular complexity index is 1510. The second-order valence-electron chi connectivity index (χ2n) is 7.24. The van der Waals surface area contributed by atoms with Gasteiger partial charge in [-0.05, 0) is 42.6 Å². The first-order valence-corrected chi connectivity index (χ1v) is 10.1. The third-order valence-electron chi connectivity index (χ3n) is 5.10. The van der Waals surface area contributed by atoms with E-state index in [0.29, 0.717) is 22.2 Å². The lowest BCUT2D eigenvalue weighted by atomic mass is 10.1. The fourth-order valence-electron chi connectivity index (χ4n) is 3.57. The molecule has 0 amide bonds. The average molecular weight is 461 g/mol. The fraction of sp³-hybridized carbons (Fsp3) is 0.0870. The van der Waals surface area contributed by atoms with Crippen molar-refractivity contribution >= 4 is 40.1 Å². The van der Waals surface area contributed by atoms with Crippen LogP contribution < -0.4 is 16.6 Å². The maximum atomic E-state index is 13.6. The Kier molecular flexibility index (Phi) is 5.69. The third-order valence-corrected chi connectivity index (χ3v) is 5.42. The number of aromatic nitrogens is 3. The highest BCUT2D eigenvalue weighted by atomic mass is 35.5. The number of carboxylic acids is 1. The van der Waals surface area contributed by atoms with Gasteiger partial charge in [-0.15, -0.1) is 0 Å². The Morgan fingerprint density at radius 1 is 1.27 bits per heavy atom. The Morgan fingerprint density at radius 3 is 2.76 bits per heavy atom. The van der Waals surface area contributed by atoms with Gasteiger partial charge in [0.05, 0.1) is 28.2 Å². The molecule has 2 aromatic carbocycles. The number of benzene rings is 2. The van der Waals surface area contributed by atoms with Crippen molar-refractivity contribution < 1.29 is 9.90 Å². The number of pyridine rings is 1. The van der Waals surface area contributed by atoms with Crippen molar-refractivity contribution in [2.24, 2.45) is 0 Å². The molecule has 9 nitrogen and oxygen atoms in total. The van der Waals surface area contributed by atoms with Crippen LogP contribution in [0.15, 0.2) is 59.5 Å². The summed E-state index contributed by atoms with van der Waals surface area (Å²) in [7, 11) is 0. The number of nitriles is 1. The summed E-state index contributed by atoms with van der Waals surface area (Å²) in [5.41, 5.74) is 6.33. The molecule has 2 aromatic heterocycles. The zero-order chi connectivity index (χ0) is 23.7. The Balaban J connectivity index is 1.96. The maximum Gasteiger partial charge on any atom is 0.335 e. The van der Waals surface area contributed by atoms with Gasteiger partial charge in [0.2, 0.25) is 5.95 Å². The standard InChI is InChI=1S/C23H17ClN6O3/c1-12(28-20-15(10-25)11-27-23(26)29-20)18-9-13-4-3-7-17(24)19(13)21(31)30(18)16-6-2-5-14(8-16)22(32)33/h2-9,11-12H,1H3,(H,32,33)(H3,26,27,28,29)/t12-/m0/s1. The van der Waals surface area contributed by atoms with Gasteiger partial charge in [-0.3, -0.25) is 9.36 Å². The van der Waals surface area contributed by atoms with Gasteiger partial charge >= 0.3 is 5.97 Å². The van der Waals surface area contributed by atoms with Crippen LogP contribution in [-0.2, 0) is 0 Å². The predicted octanol–water partition coefficient (Wildman–Crippen LogP) is 3.76. The van der Waals surface area contributed by atoms with Crippen LogP contribution in [0.4, 0.5) is 11.8 Å². The van der Waals surface area contributed by atoms with Crippen LogP contribution in [0, 0.1) is 11.3 Å². The lowest BCUT2D eigenvalue weighted by Gasteiger charge is -2.22. The van der Waals surface area contributed by atoms with Gasteiger partial charge in [-0.25, -0.2) is 9.78 Å². The van der Waals surface area contributed by atoms with E-state index in [2.05, 4.69) is 15.3 Å². The number of hydrogen-bond acceptors (Lipinski definition) is 7. The molecule has 0 radical (unpaired) electrons. The number of hydrogen-bond donors (Lipinski definition) is 3. The van der Waals surface area contributed by atoms with Gasteiger partial charge in [-0.1, -0.05) is 29.8 Å². The lowest BCUT2D eigenvalue weighted by Crippen LogP contribution is -2.26. The molecule has 4 rings (SSSR count). The average Bonchev–Trinajstić information content (AvgIpc) is 2.79. The summed E-state index contributed by atoms with van der Waals surface area (Å²) in [6.07, 6.45) is 1.31. The van der Waals surface area contributed by atoms with E-state index < -0.39 is 17.6 Å². The molecule has 164 valence electrons. The van der Waals surface area contributed by atoms with E-state index >= 15 is 0 Å². The van der Waals surface area contributed by atoms with Crippen LogP contribution in [0.5, 0.6) is 0 Å². The minimum absolute atomic E-state index is 0.0134. The summed E-state index contributed by atoms with van der Waals surface area (Å²) in [5, 5.41) is 23.1. The van der Waals surface area contributed by atoms with Crippen LogP contribution in [-0.4, -0.2) is 25.6 Å². The monoisotopic (exact) mass is 460 g/mol. The number of halogens is 1. The van der Waals surface area contributed by atoms with Crippen LogP contribution in [0.2, 0.25) is 5.02 Å². The second kappa shape index (κ2) is 8.61. The SMILES string of the molecule is C[C@H](Nc1nc(N)ncc1C#N)c1cc2cccc(Cl)c2c(=O)n1-c1cccc(C(=O)O)c1. The molecule has 4 aromatic rings. The molecule has 0 saturated heterocycles. The highest BCUT2D eigenvalue weighted by Gasteiger charge is 2.20. The van der Waals surface area contributed by atoms with Crippen molar-refractivity contribution in [1.29, 1.82) is 5.26 Å². The first-order chi connectivity index (χ1) is 15.8. The summed E-state index contributed by atoms with van der Waals surface area (Å²) < 4.78 is 1.40. The smallest absolute Gasteiger partial charge is 0.335 e. The third kappa shape index (κ3) is 4.07. The first-order valence-electron chi connectivity index (χ1n) is 9.77. The number of aromatic carboxylic acids is 1. The molecule has 10 heteroatoms. The molecule has 0 aliphatic heterocycles. The number of rotatable bonds is 5. The number of anilines is 2. The van der Waals surface area contributed by atoms with E-state index in [1.165, 1.54) is 22.9 Å². The summed E-state index contributed by atoms with van der Waals surface area (Å²) >= 11 is 6.33. The molecule has 33 heavy (non-hydrogen) atoms. The normalized spacial score (nSPS) is 11.7. The first kappa shape index (κ1) is 21.8. The molecule has 0 fully saturated rings. The zero-order valence-electron chi connectivity index (χ0n) is 17.3. The topological polar surface area (TPSA) is 147 Å². The number of nitrogens with two attached hydrogens (primary N) is 1. The minimum Gasteiger partial charge on any atom is -0.478 e. The molecule has 0 unspecified atom stereocenters. The summed E-state index contributed by atoms with van der Waals surface area (Å²) in [4.78, 5) is 33.0. The van der Waals surface area contributed by atoms with Crippen molar-refractivity contribution in [3.8, 4) is 11.8 Å². The van der Waals surface area contributed by atoms with Crippen molar-refractivity contribution in [3.05, 3.63) is 86.9 Å². The van der Waals surface area contributed by atoms with E-state index in [4.69, 9.17) is 17.3 Å². The number of carbonyl (C=O) groups is 1. The van der Waals surface area contributed by atoms with E-state index in [0.717, 1.165) is 0 Å². The van der Waals surface area contributed by atoms with Gasteiger partial charge in [0.1, 0.15) is 17.5 Å². The van der Waals surface area contributed by atoms with E-state index in [1.54, 1.807) is 43.3 Å². The van der Waals surface area contributed by atoms with Crippen LogP contribution in [0.25, 0.3) is 16.5 Å². The minimum atomic E-state index is -1.12. The highest BCUT2D eigenvalue weighted by molar-refractivity contribution is 6.35. The van der Waals surface area contributed by atoms with Crippen LogP contribution in [0.1, 0.15) is 34.6 Å². The molecule has 4 N–H and O–H groups in total. The number of nitrogens with zero attached hydrogens (tertiary/aromatic N) is 4. The van der Waals surface area contributed by atoms with Gasteiger partial charge in [0.25, 0.3) is 5.56 Å². The number of fused-ring (bicyclic) bond motifs is 1. The van der Waals surface area contributed by atoms with Crippen molar-refractivity contribution in [2.75, 3.05) is 11.1 Å². The quantitative estimate of drug-likeness (QED) is 0.407. The second-order valence-corrected chi connectivity index (χ2v) is 7.64. The van der Waals surface area contributed by atoms with E-state index in [9.17, 15) is 20.0 Å². The van der Waals surface area contributed by atoms with Gasteiger partial charge < -0.3 is 16.2 Å². The molecule has 0 bridgehead atoms. The Morgan fingerprint density at radius 2 is 2.03 bits per heavy atom. The van der Waals surface area contributed by atoms with E-state index in [1.807, 2.05) is 6.07 Å². The molecular formula is C23H17ClN6O3. The number of carboxylic acid groups (broad SMARTS) is 1. The van der Waals surface area contributed by atoms with Gasteiger partial charge in [0.15, 0.2) is 0 Å². The van der Waals surface area contributed by atoms with E-state index in [-0.39, 0.29) is 27.9 Å². The van der Waals surface area contributed by atoms with Crippen molar-refractivity contribution in [2.45, 2.75) is 13.0 Å². The fourth-order valence-corrected chi connectivity index (χ4v) is 3.83. The van der Waals surface area contributed by atoms with Crippen LogP contribution >= 0.6 is 11.6 Å². The summed E-state index contributed by atoms with van der Waals surface area (Å²) in [6, 6.07) is 14.4. The number of nitrogen functional groups attached to an aromatic ring is 1. The Hall–Kier alpha value is -4.42. The van der Waals surface area contributed by atoms with Crippen molar-refractivity contribution in [1.82, 2.24) is 14.5 Å². The highest BCUT2D eigenvalue weighted by Crippen LogP contribution is 2.28. The molecule has 0 aliphatic rings. The zero-order valence-corrected chi connectivity index (χ0v) is 18.0. The summed E-state index contributed by atoms with van der Waals surface area (Å²) in [5.74, 6) is -0.922. The summed E-state index contributed by atoms with van der Waals surface area (Å²) in [6.45, 7) is 1.78. The maximum absolute atomic E-state index is 13.6. The molecule has 2 heterocycles. The molecular weight excluding hydrogens is 444 g/mol. The predicted molar refractivity (Wildman–Crippen MR) is 125 cm³/mol. The number of nitrogens with one attached hydrogen (secondary N) is 1. The van der Waals surface area contributed by atoms with Gasteiger partial charge in [-0.2, -0.15) is 10.2 Å². The van der Waals surface area contributed by atoms with Crippen LogP contribution in [0.3, 0.4) is 0 Å². The largest absolute Gasteiger partial charge is 0.478 e. The molecule has 0 aliphatic carbocycles. The molecule has 1 atom stereocenters. The van der Waals surface area contributed by atoms with Gasteiger partial charge in [0, 0.05) is 11.4 Å². The Labute approximate surface area is 192 Å².